The molecule has 30 heavy (non-hydrogen) atoms. The first-order chi connectivity index (χ1) is 14.2. The molecule has 0 saturated heterocycles. The van der Waals surface area contributed by atoms with Gasteiger partial charge in [0.2, 0.25) is 0 Å². The van der Waals surface area contributed by atoms with Crippen LogP contribution < -0.4 is 0 Å². The molecule has 0 radical (unpaired) electrons. The molecule has 0 aliphatic carbocycles. The van der Waals surface area contributed by atoms with E-state index in [4.69, 9.17) is 0 Å². The highest BCUT2D eigenvalue weighted by Crippen LogP contribution is 2.12. The van der Waals surface area contributed by atoms with Gasteiger partial charge in [-0.1, -0.05) is 58.2 Å². The maximum Gasteiger partial charge on any atom is 0.116 e. The van der Waals surface area contributed by atoms with Crippen LogP contribution in [0, 0.1) is 0 Å². The monoisotopic (exact) mass is 429 g/mol. The second-order valence-electron chi connectivity index (χ2n) is 9.12. The van der Waals surface area contributed by atoms with Gasteiger partial charge >= 0.3 is 0 Å². The summed E-state index contributed by atoms with van der Waals surface area (Å²) in [6.45, 7) is 15.5. The smallest absolute Gasteiger partial charge is 0.0856 e. The first kappa shape index (κ1) is 28.8. The van der Waals surface area contributed by atoms with Crippen LogP contribution in [0.5, 0.6) is 0 Å². The molecule has 0 nitrogen and oxygen atoms in total. The summed E-state index contributed by atoms with van der Waals surface area (Å²) in [6.07, 6.45) is 26.0. The van der Waals surface area contributed by atoms with Crippen LogP contribution in [0.2, 0.25) is 0 Å². The van der Waals surface area contributed by atoms with E-state index in [-0.39, 0.29) is 0 Å². The first-order valence-electron chi connectivity index (χ1n) is 11.7. The molecule has 0 rings (SSSR count). The lowest BCUT2D eigenvalue weighted by atomic mass is 10.1. The molecule has 170 valence electrons. The predicted octanol–water partition coefficient (Wildman–Crippen LogP) is 9.64. The molecule has 0 aromatic carbocycles. The molecule has 0 aromatic rings. The van der Waals surface area contributed by atoms with Gasteiger partial charge < -0.3 is 0 Å². The minimum absolute atomic E-state index is 0.387. The van der Waals surface area contributed by atoms with Crippen molar-refractivity contribution in [2.45, 2.75) is 99.8 Å². The van der Waals surface area contributed by atoms with Crippen LogP contribution in [0.25, 0.3) is 0 Å². The largest absolute Gasteiger partial charge is 0.116 e. The SMILES string of the molecule is CC(C)=CCC/C(C)=C\CC[S+](C)/C=C/C/C=C(\C)CC/C=C(\C)CCC=C(C)C. The summed E-state index contributed by atoms with van der Waals surface area (Å²) in [5.41, 5.74) is 7.42. The zero-order valence-electron chi connectivity index (χ0n) is 21.3. The molecule has 0 amide bonds. The molecule has 1 unspecified atom stereocenters. The van der Waals surface area contributed by atoms with E-state index in [0.29, 0.717) is 10.9 Å². The maximum atomic E-state index is 2.44. The Kier molecular flexibility index (Phi) is 17.8. The maximum absolute atomic E-state index is 2.44. The number of hydrogen-bond acceptors (Lipinski definition) is 0. The highest BCUT2D eigenvalue weighted by atomic mass is 32.2. The van der Waals surface area contributed by atoms with Gasteiger partial charge in [-0.3, -0.25) is 0 Å². The summed E-state index contributed by atoms with van der Waals surface area (Å²) >= 11 is 0. The lowest BCUT2D eigenvalue weighted by Crippen LogP contribution is -1.99. The van der Waals surface area contributed by atoms with Crippen molar-refractivity contribution in [2.24, 2.45) is 0 Å². The van der Waals surface area contributed by atoms with Gasteiger partial charge in [-0.25, -0.2) is 0 Å². The van der Waals surface area contributed by atoms with E-state index < -0.39 is 0 Å². The van der Waals surface area contributed by atoms with Crippen LogP contribution in [-0.2, 0) is 10.9 Å². The fraction of sp³-hybridized carbons (Fsp3) is 0.586. The molecular formula is C29H49S+. The Labute approximate surface area is 192 Å². The zero-order valence-corrected chi connectivity index (χ0v) is 22.1. The van der Waals surface area contributed by atoms with Crippen molar-refractivity contribution in [1.29, 1.82) is 0 Å². The lowest BCUT2D eigenvalue weighted by Gasteiger charge is -2.01. The van der Waals surface area contributed by atoms with E-state index in [1.54, 1.807) is 0 Å². The fourth-order valence-corrected chi connectivity index (χ4v) is 4.14. The van der Waals surface area contributed by atoms with Crippen LogP contribution in [0.4, 0.5) is 0 Å². The van der Waals surface area contributed by atoms with Crippen molar-refractivity contribution >= 4 is 10.9 Å². The van der Waals surface area contributed by atoms with Gasteiger partial charge in [0, 0.05) is 17.3 Å². The molecule has 0 bridgehead atoms. The molecule has 1 atom stereocenters. The van der Waals surface area contributed by atoms with Gasteiger partial charge in [-0.05, 0) is 99.5 Å². The molecule has 1 heteroatoms. The highest BCUT2D eigenvalue weighted by Gasteiger charge is 2.04. The van der Waals surface area contributed by atoms with Gasteiger partial charge in [-0.15, -0.1) is 0 Å². The minimum Gasteiger partial charge on any atom is -0.0856 e. The average Bonchev–Trinajstić information content (AvgIpc) is 2.64. The van der Waals surface area contributed by atoms with Gasteiger partial charge in [0.15, 0.2) is 0 Å². The third kappa shape index (κ3) is 20.1. The van der Waals surface area contributed by atoms with E-state index in [0.717, 1.165) is 6.42 Å². The standard InChI is InChI=1S/C29H49S/c1-25(2)15-11-18-28(6)21-13-20-27(5)17-9-10-23-30(8)24-14-22-29(7)19-12-16-26(3)4/h10,15-17,21-23H,9,11-14,18-20,24H2,1-8H3/q+1/b23-10+,27-17+,28-21+,29-22-. The van der Waals surface area contributed by atoms with Crippen molar-refractivity contribution in [3.8, 4) is 0 Å². The summed E-state index contributed by atoms with van der Waals surface area (Å²) in [5.74, 6) is 1.27. The molecule has 0 N–H and O–H groups in total. The third-order valence-corrected chi connectivity index (χ3v) is 6.61. The second kappa shape index (κ2) is 18.6. The van der Waals surface area contributed by atoms with E-state index in [9.17, 15) is 0 Å². The highest BCUT2D eigenvalue weighted by molar-refractivity contribution is 7.98. The first-order valence-corrected chi connectivity index (χ1v) is 13.6. The second-order valence-corrected chi connectivity index (χ2v) is 11.2. The summed E-state index contributed by atoms with van der Waals surface area (Å²) in [7, 11) is 0.387. The lowest BCUT2D eigenvalue weighted by molar-refractivity contribution is 0.915. The van der Waals surface area contributed by atoms with Crippen molar-refractivity contribution in [3.63, 3.8) is 0 Å². The van der Waals surface area contributed by atoms with Crippen LogP contribution in [0.3, 0.4) is 0 Å². The van der Waals surface area contributed by atoms with Crippen molar-refractivity contribution in [3.05, 3.63) is 69.7 Å². The Bertz CT molecular complexity index is 629. The Balaban J connectivity index is 4.05. The number of allylic oxidation sites excluding steroid dienone is 11. The summed E-state index contributed by atoms with van der Waals surface area (Å²) in [6, 6.07) is 0. The van der Waals surface area contributed by atoms with E-state index in [1.807, 2.05) is 0 Å². The Hall–Kier alpha value is -1.21. The Morgan fingerprint density at radius 2 is 1.00 bits per heavy atom. The normalized spacial score (nSPS) is 14.2. The van der Waals surface area contributed by atoms with E-state index >= 15 is 0 Å². The number of hydrogen-bond donors (Lipinski definition) is 0. The summed E-state index contributed by atoms with van der Waals surface area (Å²) in [5, 5.41) is 2.42. The van der Waals surface area contributed by atoms with Crippen LogP contribution in [0.15, 0.2) is 69.7 Å². The van der Waals surface area contributed by atoms with Gasteiger partial charge in [-0.2, -0.15) is 0 Å². The van der Waals surface area contributed by atoms with Crippen LogP contribution in [0.1, 0.15) is 99.8 Å². The van der Waals surface area contributed by atoms with Crippen LogP contribution >= 0.6 is 0 Å². The molecule has 0 aliphatic heterocycles. The van der Waals surface area contributed by atoms with Gasteiger partial charge in [0.25, 0.3) is 0 Å². The molecule has 0 spiro atoms. The molecule has 0 fully saturated rings. The topological polar surface area (TPSA) is 0 Å². The van der Waals surface area contributed by atoms with E-state index in [2.05, 4.69) is 96.6 Å². The molecule has 0 aliphatic rings. The zero-order chi connectivity index (χ0) is 22.8. The van der Waals surface area contributed by atoms with E-state index in [1.165, 1.54) is 78.6 Å². The Morgan fingerprint density at radius 1 is 0.567 bits per heavy atom. The van der Waals surface area contributed by atoms with Crippen molar-refractivity contribution < 1.29 is 0 Å². The van der Waals surface area contributed by atoms with Crippen molar-refractivity contribution in [2.75, 3.05) is 12.0 Å². The molecular weight excluding hydrogens is 380 g/mol. The Morgan fingerprint density at radius 3 is 1.50 bits per heavy atom. The minimum atomic E-state index is 0.387. The number of rotatable bonds is 15. The summed E-state index contributed by atoms with van der Waals surface area (Å²) < 4.78 is 0. The average molecular weight is 430 g/mol. The predicted molar refractivity (Wildman–Crippen MR) is 144 cm³/mol. The third-order valence-electron chi connectivity index (χ3n) is 5.08. The quantitative estimate of drug-likeness (QED) is 0.179. The van der Waals surface area contributed by atoms with Gasteiger partial charge in [0.1, 0.15) is 17.4 Å². The molecule has 0 heterocycles. The molecule has 0 aromatic heterocycles. The molecule has 0 saturated carbocycles. The summed E-state index contributed by atoms with van der Waals surface area (Å²) in [4.78, 5) is 0. The van der Waals surface area contributed by atoms with Gasteiger partial charge in [0.05, 0.1) is 0 Å². The van der Waals surface area contributed by atoms with Crippen LogP contribution in [-0.4, -0.2) is 12.0 Å². The van der Waals surface area contributed by atoms with Crippen molar-refractivity contribution in [1.82, 2.24) is 0 Å². The fourth-order valence-electron chi connectivity index (χ4n) is 3.08.